The Labute approximate surface area is 121 Å². The Kier molecular flexibility index (Phi) is 4.82. The number of aryl methyl sites for hydroxylation is 1. The maximum absolute atomic E-state index is 14.0. The fourth-order valence-corrected chi connectivity index (χ4v) is 3.19. The fraction of sp³-hybridized carbons (Fsp3) is 0.647. The summed E-state index contributed by atoms with van der Waals surface area (Å²) in [6.07, 6.45) is 2.72. The van der Waals surface area contributed by atoms with Crippen LogP contribution in [0.5, 0.6) is 0 Å². The molecular weight excluding hydrogens is 255 g/mol. The highest BCUT2D eigenvalue weighted by Crippen LogP contribution is 2.43. The van der Waals surface area contributed by atoms with Crippen molar-refractivity contribution in [1.29, 1.82) is 0 Å². The first-order chi connectivity index (χ1) is 9.48. The second-order valence-electron chi connectivity index (χ2n) is 6.11. The highest BCUT2D eigenvalue weighted by atomic mass is 19.1. The van der Waals surface area contributed by atoms with Crippen molar-refractivity contribution in [1.82, 2.24) is 0 Å². The zero-order valence-electron chi connectivity index (χ0n) is 12.7. The molecule has 0 radical (unpaired) electrons. The summed E-state index contributed by atoms with van der Waals surface area (Å²) in [5.41, 5.74) is 0.694. The van der Waals surface area contributed by atoms with Crippen LogP contribution in [0.1, 0.15) is 56.8 Å². The molecule has 1 fully saturated rings. The summed E-state index contributed by atoms with van der Waals surface area (Å²) in [6.45, 7) is 6.60. The summed E-state index contributed by atoms with van der Waals surface area (Å²) < 4.78 is 20.0. The van der Waals surface area contributed by atoms with Crippen LogP contribution in [0.4, 0.5) is 4.39 Å². The Morgan fingerprint density at radius 2 is 2.05 bits per heavy atom. The quantitative estimate of drug-likeness (QED) is 0.897. The minimum absolute atomic E-state index is 0.346. The van der Waals surface area contributed by atoms with Crippen LogP contribution in [0, 0.1) is 18.7 Å². The van der Waals surface area contributed by atoms with Crippen LogP contribution in [-0.2, 0) is 4.74 Å². The maximum Gasteiger partial charge on any atom is 0.129 e. The lowest BCUT2D eigenvalue weighted by Gasteiger charge is -2.42. The largest absolute Gasteiger partial charge is 0.385 e. The van der Waals surface area contributed by atoms with Gasteiger partial charge in [0, 0.05) is 12.2 Å². The van der Waals surface area contributed by atoms with Gasteiger partial charge in [0.2, 0.25) is 0 Å². The van der Waals surface area contributed by atoms with Crippen molar-refractivity contribution in [3.05, 3.63) is 35.1 Å². The molecule has 112 valence electrons. The summed E-state index contributed by atoms with van der Waals surface area (Å²) in [5.74, 6) is 0.305. The normalized spacial score (nSPS) is 28.4. The minimum Gasteiger partial charge on any atom is -0.385 e. The summed E-state index contributed by atoms with van der Waals surface area (Å²) in [5, 5.41) is 10.8. The molecule has 0 bridgehead atoms. The van der Waals surface area contributed by atoms with Crippen molar-refractivity contribution in [2.24, 2.45) is 5.92 Å². The lowest BCUT2D eigenvalue weighted by molar-refractivity contribution is -0.147. The smallest absolute Gasteiger partial charge is 0.129 e. The van der Waals surface area contributed by atoms with Gasteiger partial charge in [0.1, 0.15) is 11.9 Å². The standard InChI is InChI=1S/C17H25FO2/c1-4-20-17(9-7-12(2)8-10-17)16(19)14-11-13(3)5-6-15(14)18/h5-6,11-12,16,19H,4,7-10H2,1-3H3. The van der Waals surface area contributed by atoms with E-state index in [1.807, 2.05) is 13.8 Å². The third-order valence-corrected chi connectivity index (χ3v) is 4.50. The second kappa shape index (κ2) is 6.23. The molecule has 1 aromatic rings. The van der Waals surface area contributed by atoms with E-state index in [2.05, 4.69) is 6.92 Å². The van der Waals surface area contributed by atoms with E-state index in [0.29, 0.717) is 18.1 Å². The average molecular weight is 280 g/mol. The Hall–Kier alpha value is -0.930. The molecule has 2 rings (SSSR count). The van der Waals surface area contributed by atoms with Gasteiger partial charge in [-0.15, -0.1) is 0 Å². The monoisotopic (exact) mass is 280 g/mol. The first-order valence-corrected chi connectivity index (χ1v) is 7.56. The lowest BCUT2D eigenvalue weighted by atomic mass is 9.74. The zero-order valence-corrected chi connectivity index (χ0v) is 12.7. The van der Waals surface area contributed by atoms with Gasteiger partial charge in [0.25, 0.3) is 0 Å². The Bertz CT molecular complexity index is 450. The molecular formula is C17H25FO2. The van der Waals surface area contributed by atoms with Gasteiger partial charge < -0.3 is 9.84 Å². The SMILES string of the molecule is CCOC1(C(O)c2cc(C)ccc2F)CCC(C)CC1. The number of rotatable bonds is 4. The fourth-order valence-electron chi connectivity index (χ4n) is 3.19. The Morgan fingerprint density at radius 3 is 2.65 bits per heavy atom. The first kappa shape index (κ1) is 15.5. The van der Waals surface area contributed by atoms with Gasteiger partial charge >= 0.3 is 0 Å². The van der Waals surface area contributed by atoms with E-state index in [4.69, 9.17) is 4.74 Å². The topological polar surface area (TPSA) is 29.5 Å². The number of hydrogen-bond donors (Lipinski definition) is 1. The molecule has 1 saturated carbocycles. The van der Waals surface area contributed by atoms with Crippen molar-refractivity contribution in [2.45, 2.75) is 58.2 Å². The molecule has 1 atom stereocenters. The lowest BCUT2D eigenvalue weighted by Crippen LogP contribution is -2.43. The highest BCUT2D eigenvalue weighted by molar-refractivity contribution is 5.28. The summed E-state index contributed by atoms with van der Waals surface area (Å²) >= 11 is 0. The van der Waals surface area contributed by atoms with Gasteiger partial charge in [-0.1, -0.05) is 24.6 Å². The third-order valence-electron chi connectivity index (χ3n) is 4.50. The molecule has 0 aromatic heterocycles. The summed E-state index contributed by atoms with van der Waals surface area (Å²) in [6, 6.07) is 4.89. The molecule has 0 aliphatic heterocycles. The molecule has 2 nitrogen and oxygen atoms in total. The maximum atomic E-state index is 14.0. The van der Waals surface area contributed by atoms with Crippen LogP contribution >= 0.6 is 0 Å². The predicted molar refractivity (Wildman–Crippen MR) is 78.1 cm³/mol. The van der Waals surface area contributed by atoms with E-state index in [-0.39, 0.29) is 5.82 Å². The molecule has 1 aromatic carbocycles. The van der Waals surface area contributed by atoms with E-state index in [1.54, 1.807) is 12.1 Å². The van der Waals surface area contributed by atoms with E-state index >= 15 is 0 Å². The number of aliphatic hydroxyl groups excluding tert-OH is 1. The van der Waals surface area contributed by atoms with Crippen LogP contribution < -0.4 is 0 Å². The molecule has 0 heterocycles. The average Bonchev–Trinajstić information content (AvgIpc) is 2.44. The molecule has 1 aliphatic carbocycles. The van der Waals surface area contributed by atoms with E-state index < -0.39 is 11.7 Å². The minimum atomic E-state index is -0.894. The van der Waals surface area contributed by atoms with Crippen LogP contribution in [0.25, 0.3) is 0 Å². The second-order valence-corrected chi connectivity index (χ2v) is 6.11. The predicted octanol–water partition coefficient (Wildman–Crippen LogP) is 4.15. The van der Waals surface area contributed by atoms with Gasteiger partial charge in [0.15, 0.2) is 0 Å². The first-order valence-electron chi connectivity index (χ1n) is 7.56. The van der Waals surface area contributed by atoms with Crippen LogP contribution in [0.3, 0.4) is 0 Å². The van der Waals surface area contributed by atoms with Crippen molar-refractivity contribution < 1.29 is 14.2 Å². The van der Waals surface area contributed by atoms with Crippen molar-refractivity contribution >= 4 is 0 Å². The number of ether oxygens (including phenoxy) is 1. The molecule has 0 amide bonds. The van der Waals surface area contributed by atoms with Crippen molar-refractivity contribution in [3.8, 4) is 0 Å². The van der Waals surface area contributed by atoms with Gasteiger partial charge in [-0.05, 0) is 51.5 Å². The van der Waals surface area contributed by atoms with Crippen LogP contribution in [0.15, 0.2) is 18.2 Å². The van der Waals surface area contributed by atoms with Crippen LogP contribution in [-0.4, -0.2) is 17.3 Å². The van der Waals surface area contributed by atoms with Gasteiger partial charge in [0.05, 0.1) is 5.60 Å². The molecule has 1 N–H and O–H groups in total. The number of benzene rings is 1. The molecule has 1 unspecified atom stereocenters. The number of halogens is 1. The van der Waals surface area contributed by atoms with Crippen molar-refractivity contribution in [3.63, 3.8) is 0 Å². The van der Waals surface area contributed by atoms with E-state index in [0.717, 1.165) is 31.2 Å². The van der Waals surface area contributed by atoms with E-state index in [9.17, 15) is 9.50 Å². The molecule has 1 aliphatic rings. The van der Waals surface area contributed by atoms with E-state index in [1.165, 1.54) is 6.07 Å². The van der Waals surface area contributed by atoms with Gasteiger partial charge in [-0.25, -0.2) is 4.39 Å². The van der Waals surface area contributed by atoms with Crippen molar-refractivity contribution in [2.75, 3.05) is 6.61 Å². The summed E-state index contributed by atoms with van der Waals surface area (Å²) in [4.78, 5) is 0. The highest BCUT2D eigenvalue weighted by Gasteiger charge is 2.43. The van der Waals surface area contributed by atoms with Crippen LogP contribution in [0.2, 0.25) is 0 Å². The molecule has 20 heavy (non-hydrogen) atoms. The third kappa shape index (κ3) is 3.04. The number of hydrogen-bond acceptors (Lipinski definition) is 2. The summed E-state index contributed by atoms with van der Waals surface area (Å²) in [7, 11) is 0. The molecule has 0 saturated heterocycles. The molecule has 0 spiro atoms. The zero-order chi connectivity index (χ0) is 14.8. The number of aliphatic hydroxyl groups is 1. The Balaban J connectivity index is 2.31. The Morgan fingerprint density at radius 1 is 1.40 bits per heavy atom. The van der Waals surface area contributed by atoms with Gasteiger partial charge in [-0.2, -0.15) is 0 Å². The molecule has 3 heteroatoms. The van der Waals surface area contributed by atoms with Gasteiger partial charge in [-0.3, -0.25) is 0 Å².